The van der Waals surface area contributed by atoms with E-state index in [0.29, 0.717) is 49.4 Å². The van der Waals surface area contributed by atoms with Gasteiger partial charge in [0.05, 0.1) is 18.8 Å². The molecule has 0 saturated carbocycles. The molecular formula is C29H35F5N4. The van der Waals surface area contributed by atoms with E-state index in [1.807, 2.05) is 11.8 Å². The van der Waals surface area contributed by atoms with E-state index in [1.165, 1.54) is 31.2 Å². The standard InChI is InChI=1S/C29H35F5N4/c1-4-29(3,34)16-38-17(2)10-22-21-7-6-18(31)11-25(21)36-27(22)28(38)26-23(32)12-19(13-24(26)33)35-20-14-37(15-20)9-5-8-30/h6-7,11-13,17,20,28,35-36H,4-5,8-10,14-16H2,1-3H3/t17-,28-,29-/m1/s1. The number of benzene rings is 2. The summed E-state index contributed by atoms with van der Waals surface area (Å²) in [5, 5.41) is 3.98. The summed E-state index contributed by atoms with van der Waals surface area (Å²) in [5.41, 5.74) is 0.604. The van der Waals surface area contributed by atoms with Crippen molar-refractivity contribution in [1.82, 2.24) is 14.8 Å². The third kappa shape index (κ3) is 5.15. The van der Waals surface area contributed by atoms with Gasteiger partial charge in [0, 0.05) is 60.1 Å². The lowest BCUT2D eigenvalue weighted by Crippen LogP contribution is -2.54. The van der Waals surface area contributed by atoms with E-state index in [2.05, 4.69) is 15.2 Å². The van der Waals surface area contributed by atoms with E-state index in [9.17, 15) is 8.78 Å². The molecule has 0 unspecified atom stereocenters. The third-order valence-corrected chi connectivity index (χ3v) is 8.11. The molecular weight excluding hydrogens is 499 g/mol. The van der Waals surface area contributed by atoms with Crippen molar-refractivity contribution in [3.8, 4) is 0 Å². The highest BCUT2D eigenvalue weighted by atomic mass is 19.2. The van der Waals surface area contributed by atoms with Gasteiger partial charge >= 0.3 is 0 Å². The summed E-state index contributed by atoms with van der Waals surface area (Å²) in [5.74, 6) is -1.86. The first-order chi connectivity index (χ1) is 18.1. The maximum Gasteiger partial charge on any atom is 0.133 e. The molecule has 4 nitrogen and oxygen atoms in total. The first-order valence-electron chi connectivity index (χ1n) is 13.4. The van der Waals surface area contributed by atoms with Crippen LogP contribution in [0.4, 0.5) is 27.6 Å². The Morgan fingerprint density at radius 1 is 1.11 bits per heavy atom. The average molecular weight is 535 g/mol. The molecule has 0 bridgehead atoms. The second-order valence-corrected chi connectivity index (χ2v) is 11.1. The molecule has 3 aromatic rings. The molecule has 9 heteroatoms. The number of aromatic nitrogens is 1. The van der Waals surface area contributed by atoms with Crippen molar-refractivity contribution in [2.75, 3.05) is 38.2 Å². The van der Waals surface area contributed by atoms with Gasteiger partial charge in [-0.15, -0.1) is 0 Å². The van der Waals surface area contributed by atoms with E-state index >= 15 is 13.2 Å². The highest BCUT2D eigenvalue weighted by Crippen LogP contribution is 2.44. The predicted molar refractivity (Wildman–Crippen MR) is 141 cm³/mol. The summed E-state index contributed by atoms with van der Waals surface area (Å²) in [4.78, 5) is 7.12. The maximum absolute atomic E-state index is 15.8. The van der Waals surface area contributed by atoms with E-state index in [4.69, 9.17) is 0 Å². The molecule has 0 radical (unpaired) electrons. The Morgan fingerprint density at radius 3 is 2.47 bits per heavy atom. The summed E-state index contributed by atoms with van der Waals surface area (Å²) in [6, 6.07) is 5.92. The van der Waals surface area contributed by atoms with Gasteiger partial charge in [-0.1, -0.05) is 6.92 Å². The van der Waals surface area contributed by atoms with Crippen molar-refractivity contribution in [3.63, 3.8) is 0 Å². The first kappa shape index (κ1) is 26.9. The summed E-state index contributed by atoms with van der Waals surface area (Å²) < 4.78 is 73.4. The van der Waals surface area contributed by atoms with Gasteiger partial charge in [0.15, 0.2) is 0 Å². The lowest BCUT2D eigenvalue weighted by atomic mass is 9.86. The number of hydrogen-bond acceptors (Lipinski definition) is 3. The lowest BCUT2D eigenvalue weighted by molar-refractivity contribution is 0.0516. The van der Waals surface area contributed by atoms with Crippen LogP contribution in [-0.4, -0.2) is 65.4 Å². The predicted octanol–water partition coefficient (Wildman–Crippen LogP) is 6.52. The molecule has 38 heavy (non-hydrogen) atoms. The van der Waals surface area contributed by atoms with Gasteiger partial charge in [0.25, 0.3) is 0 Å². The van der Waals surface area contributed by atoms with Crippen molar-refractivity contribution in [3.05, 3.63) is 64.6 Å². The summed E-state index contributed by atoms with van der Waals surface area (Å²) in [6.45, 7) is 6.84. The average Bonchev–Trinajstić information content (AvgIpc) is 3.18. The van der Waals surface area contributed by atoms with Crippen LogP contribution in [0.25, 0.3) is 10.9 Å². The fourth-order valence-electron chi connectivity index (χ4n) is 5.88. The van der Waals surface area contributed by atoms with Crippen LogP contribution in [0.2, 0.25) is 0 Å². The van der Waals surface area contributed by atoms with Crippen LogP contribution < -0.4 is 5.32 Å². The van der Waals surface area contributed by atoms with Crippen LogP contribution in [0.5, 0.6) is 0 Å². The SMILES string of the molecule is CC[C@@](C)(F)CN1[C@H](c2c(F)cc(NC3CN(CCCF)C3)cc2F)c2[nH]c3cc(F)ccc3c2C[C@H]1C. The quantitative estimate of drug-likeness (QED) is 0.307. The second kappa shape index (κ2) is 10.5. The Balaban J connectivity index is 1.52. The van der Waals surface area contributed by atoms with Crippen molar-refractivity contribution >= 4 is 16.6 Å². The minimum absolute atomic E-state index is 0.00578. The second-order valence-electron chi connectivity index (χ2n) is 11.1. The van der Waals surface area contributed by atoms with E-state index in [0.717, 1.165) is 10.9 Å². The van der Waals surface area contributed by atoms with Gasteiger partial charge in [-0.2, -0.15) is 0 Å². The Kier molecular flexibility index (Phi) is 7.44. The molecule has 0 amide bonds. The van der Waals surface area contributed by atoms with Gasteiger partial charge in [-0.25, -0.2) is 17.6 Å². The van der Waals surface area contributed by atoms with Gasteiger partial charge < -0.3 is 10.3 Å². The maximum atomic E-state index is 15.8. The zero-order valence-electron chi connectivity index (χ0n) is 22.1. The Labute approximate surface area is 220 Å². The van der Waals surface area contributed by atoms with E-state index in [-0.39, 0.29) is 37.3 Å². The topological polar surface area (TPSA) is 34.3 Å². The van der Waals surface area contributed by atoms with Crippen LogP contribution in [-0.2, 0) is 6.42 Å². The number of hydrogen-bond donors (Lipinski definition) is 2. The van der Waals surface area contributed by atoms with Crippen LogP contribution in [0.15, 0.2) is 30.3 Å². The van der Waals surface area contributed by atoms with E-state index < -0.39 is 29.2 Å². The fraction of sp³-hybridized carbons (Fsp3) is 0.517. The van der Waals surface area contributed by atoms with Crippen molar-refractivity contribution in [2.45, 2.75) is 63.8 Å². The summed E-state index contributed by atoms with van der Waals surface area (Å²) in [7, 11) is 0. The van der Waals surface area contributed by atoms with Crippen LogP contribution in [0, 0.1) is 17.5 Å². The number of rotatable bonds is 9. The molecule has 206 valence electrons. The van der Waals surface area contributed by atoms with Crippen molar-refractivity contribution in [1.29, 1.82) is 0 Å². The smallest absolute Gasteiger partial charge is 0.133 e. The number of anilines is 1. The lowest BCUT2D eigenvalue weighted by Gasteiger charge is -2.43. The summed E-state index contributed by atoms with van der Waals surface area (Å²) >= 11 is 0. The number of halogens is 5. The van der Waals surface area contributed by atoms with Crippen LogP contribution in [0.1, 0.15) is 56.5 Å². The molecule has 2 aliphatic rings. The van der Waals surface area contributed by atoms with Crippen LogP contribution >= 0.6 is 0 Å². The van der Waals surface area contributed by atoms with Crippen molar-refractivity contribution in [2.24, 2.45) is 0 Å². The molecule has 2 aromatic carbocycles. The number of alkyl halides is 2. The van der Waals surface area contributed by atoms with Gasteiger partial charge in [0.1, 0.15) is 23.1 Å². The first-order valence-corrected chi connectivity index (χ1v) is 13.4. The Bertz CT molecular complexity index is 1280. The number of nitrogens with one attached hydrogen (secondary N) is 2. The third-order valence-electron chi connectivity index (χ3n) is 8.11. The summed E-state index contributed by atoms with van der Waals surface area (Å²) in [6.07, 6.45) is 1.27. The Morgan fingerprint density at radius 2 is 1.82 bits per heavy atom. The normalized spacial score (nSPS) is 22.3. The molecule has 2 N–H and O–H groups in total. The van der Waals surface area contributed by atoms with Gasteiger partial charge in [-0.3, -0.25) is 14.2 Å². The minimum atomic E-state index is -1.56. The molecule has 5 rings (SSSR count). The highest BCUT2D eigenvalue weighted by molar-refractivity contribution is 5.85. The van der Waals surface area contributed by atoms with Crippen molar-refractivity contribution < 1.29 is 22.0 Å². The van der Waals surface area contributed by atoms with Gasteiger partial charge in [0.2, 0.25) is 0 Å². The largest absolute Gasteiger partial charge is 0.380 e. The zero-order chi connectivity index (χ0) is 27.2. The molecule has 1 aromatic heterocycles. The molecule has 0 spiro atoms. The van der Waals surface area contributed by atoms with Crippen LogP contribution in [0.3, 0.4) is 0 Å². The number of likely N-dealkylation sites (tertiary alicyclic amines) is 1. The number of H-pyrrole nitrogens is 1. The molecule has 1 fully saturated rings. The zero-order valence-corrected chi connectivity index (χ0v) is 22.1. The number of aromatic amines is 1. The molecule has 3 heterocycles. The molecule has 0 aliphatic carbocycles. The van der Waals surface area contributed by atoms with E-state index in [1.54, 1.807) is 13.0 Å². The Hall–Kier alpha value is -2.65. The highest BCUT2D eigenvalue weighted by Gasteiger charge is 2.41. The van der Waals surface area contributed by atoms with Gasteiger partial charge in [-0.05, 0) is 69.0 Å². The molecule has 3 atom stereocenters. The molecule has 2 aliphatic heterocycles. The number of nitrogens with zero attached hydrogens (tertiary/aromatic N) is 2. The monoisotopic (exact) mass is 534 g/mol. The fourth-order valence-corrected chi connectivity index (χ4v) is 5.88. The molecule has 1 saturated heterocycles. The number of fused-ring (bicyclic) bond motifs is 3. The minimum Gasteiger partial charge on any atom is -0.380 e.